The maximum Gasteiger partial charge on any atom is 0.137 e. The molecule has 0 bridgehead atoms. The van der Waals surface area contributed by atoms with Gasteiger partial charge in [-0.2, -0.15) is 0 Å². The van der Waals surface area contributed by atoms with Crippen molar-refractivity contribution in [1.82, 2.24) is 0 Å². The second kappa shape index (κ2) is 8.87. The predicted octanol–water partition coefficient (Wildman–Crippen LogP) is 11.1. The van der Waals surface area contributed by atoms with Gasteiger partial charge in [-0.15, -0.1) is 11.3 Å². The fourth-order valence-electron chi connectivity index (χ4n) is 5.68. The van der Waals surface area contributed by atoms with Crippen LogP contribution in [0.1, 0.15) is 0 Å². The lowest BCUT2D eigenvalue weighted by molar-refractivity contribution is 0.669. The zero-order valence-corrected chi connectivity index (χ0v) is 21.9. The minimum Gasteiger partial charge on any atom is -0.456 e. The van der Waals surface area contributed by atoms with Gasteiger partial charge in [0.25, 0.3) is 0 Å². The zero-order valence-electron chi connectivity index (χ0n) is 21.0. The van der Waals surface area contributed by atoms with Crippen LogP contribution in [-0.4, -0.2) is 0 Å². The highest BCUT2D eigenvalue weighted by molar-refractivity contribution is 7.25. The fourth-order valence-corrected chi connectivity index (χ4v) is 6.82. The van der Waals surface area contributed by atoms with E-state index in [0.29, 0.717) is 0 Å². The molecular formula is C36H23NOS. The van der Waals surface area contributed by atoms with E-state index in [1.807, 2.05) is 23.5 Å². The Hall–Kier alpha value is -4.86. The Balaban J connectivity index is 1.32. The van der Waals surface area contributed by atoms with Crippen LogP contribution in [0.15, 0.2) is 144 Å². The van der Waals surface area contributed by atoms with Crippen molar-refractivity contribution in [1.29, 1.82) is 0 Å². The minimum atomic E-state index is 0.890. The molecule has 0 aliphatic rings. The van der Waals surface area contributed by atoms with Crippen LogP contribution in [0.5, 0.6) is 0 Å². The predicted molar refractivity (Wildman–Crippen MR) is 167 cm³/mol. The van der Waals surface area contributed by atoms with Crippen molar-refractivity contribution in [2.75, 3.05) is 4.90 Å². The largest absolute Gasteiger partial charge is 0.456 e. The molecule has 0 amide bonds. The molecule has 0 saturated carbocycles. The highest BCUT2D eigenvalue weighted by Crippen LogP contribution is 2.44. The molecule has 0 spiro atoms. The van der Waals surface area contributed by atoms with Gasteiger partial charge in [0, 0.05) is 36.9 Å². The summed E-state index contributed by atoms with van der Waals surface area (Å²) in [5, 5.41) is 4.89. The highest BCUT2D eigenvalue weighted by atomic mass is 32.1. The van der Waals surface area contributed by atoms with Gasteiger partial charge in [0.15, 0.2) is 0 Å². The molecule has 8 rings (SSSR count). The zero-order chi connectivity index (χ0) is 25.8. The van der Waals surface area contributed by atoms with Crippen molar-refractivity contribution in [3.63, 3.8) is 0 Å². The lowest BCUT2D eigenvalue weighted by atomic mass is 10.0. The summed E-state index contributed by atoms with van der Waals surface area (Å²) in [6, 6.07) is 49.5. The van der Waals surface area contributed by atoms with Crippen LogP contribution in [0, 0.1) is 0 Å². The average molecular weight is 518 g/mol. The molecule has 2 aromatic heterocycles. The Morgan fingerprint density at radius 1 is 0.462 bits per heavy atom. The van der Waals surface area contributed by atoms with Gasteiger partial charge < -0.3 is 9.32 Å². The summed E-state index contributed by atoms with van der Waals surface area (Å²) in [6.45, 7) is 0. The number of hydrogen-bond acceptors (Lipinski definition) is 3. The molecule has 39 heavy (non-hydrogen) atoms. The van der Waals surface area contributed by atoms with E-state index >= 15 is 0 Å². The van der Waals surface area contributed by atoms with Gasteiger partial charge in [0.2, 0.25) is 0 Å². The Morgan fingerprint density at radius 3 is 2.08 bits per heavy atom. The summed E-state index contributed by atoms with van der Waals surface area (Å²) < 4.78 is 8.89. The lowest BCUT2D eigenvalue weighted by Gasteiger charge is -2.26. The van der Waals surface area contributed by atoms with Crippen LogP contribution in [0.2, 0.25) is 0 Å². The molecule has 0 radical (unpaired) electrons. The van der Waals surface area contributed by atoms with Crippen molar-refractivity contribution >= 4 is 70.5 Å². The molecule has 0 unspecified atom stereocenters. The Bertz CT molecular complexity index is 2140. The van der Waals surface area contributed by atoms with E-state index in [4.69, 9.17) is 4.42 Å². The first-order valence-electron chi connectivity index (χ1n) is 13.1. The maximum absolute atomic E-state index is 6.25. The normalized spacial score (nSPS) is 11.6. The van der Waals surface area contributed by atoms with Gasteiger partial charge in [0.1, 0.15) is 11.2 Å². The summed E-state index contributed by atoms with van der Waals surface area (Å²) in [5.41, 5.74) is 7.51. The van der Waals surface area contributed by atoms with Crippen LogP contribution in [0.25, 0.3) is 53.2 Å². The van der Waals surface area contributed by atoms with E-state index in [0.717, 1.165) is 39.0 Å². The van der Waals surface area contributed by atoms with E-state index < -0.39 is 0 Å². The number of thiophene rings is 1. The molecule has 3 heteroatoms. The second-order valence-corrected chi connectivity index (χ2v) is 10.9. The third-order valence-corrected chi connectivity index (χ3v) is 8.59. The Kier molecular flexibility index (Phi) is 5.04. The third kappa shape index (κ3) is 3.63. The molecule has 184 valence electrons. The first kappa shape index (κ1) is 22.2. The summed E-state index contributed by atoms with van der Waals surface area (Å²) >= 11 is 1.86. The third-order valence-electron chi connectivity index (χ3n) is 7.45. The Morgan fingerprint density at radius 2 is 1.15 bits per heavy atom. The maximum atomic E-state index is 6.25. The number of benzene rings is 6. The summed E-state index contributed by atoms with van der Waals surface area (Å²) in [7, 11) is 0. The second-order valence-electron chi connectivity index (χ2n) is 9.78. The van der Waals surface area contributed by atoms with Gasteiger partial charge in [-0.3, -0.25) is 0 Å². The van der Waals surface area contributed by atoms with E-state index in [1.165, 1.54) is 31.3 Å². The molecule has 0 atom stereocenters. The molecule has 2 heterocycles. The first-order chi connectivity index (χ1) is 19.3. The molecule has 0 N–H and O–H groups in total. The summed E-state index contributed by atoms with van der Waals surface area (Å²) in [6.07, 6.45) is 0. The monoisotopic (exact) mass is 517 g/mol. The standard InChI is InChI=1S/C36H23NOS/c1-2-11-26(12-3-1)37(31-16-9-18-33-36(31)30-15-4-6-17-32(30)38-33)27-13-8-10-24(22-27)25-20-21-29-28-14-5-7-19-34(28)39-35(29)23-25/h1-23H. The quantitative estimate of drug-likeness (QED) is 0.231. The molecule has 8 aromatic rings. The molecule has 2 nitrogen and oxygen atoms in total. The SMILES string of the molecule is c1ccc(N(c2cccc(-c3ccc4c(c3)sc3ccccc34)c2)c2cccc3oc4ccccc4c23)cc1. The van der Waals surface area contributed by atoms with E-state index in [1.54, 1.807) is 0 Å². The number of furan rings is 1. The number of nitrogens with zero attached hydrogens (tertiary/aromatic N) is 1. The van der Waals surface area contributed by atoms with Gasteiger partial charge in [-0.1, -0.05) is 84.9 Å². The first-order valence-corrected chi connectivity index (χ1v) is 13.9. The van der Waals surface area contributed by atoms with Crippen molar-refractivity contribution in [2.24, 2.45) is 0 Å². The highest BCUT2D eigenvalue weighted by Gasteiger charge is 2.19. The molecule has 0 fully saturated rings. The van der Waals surface area contributed by atoms with Crippen LogP contribution < -0.4 is 4.90 Å². The van der Waals surface area contributed by atoms with Crippen LogP contribution >= 0.6 is 11.3 Å². The Labute approximate surface area is 230 Å². The van der Waals surface area contributed by atoms with E-state index in [-0.39, 0.29) is 0 Å². The number of rotatable bonds is 4. The topological polar surface area (TPSA) is 16.4 Å². The molecule has 6 aromatic carbocycles. The summed E-state index contributed by atoms with van der Waals surface area (Å²) in [5.74, 6) is 0. The van der Waals surface area contributed by atoms with Gasteiger partial charge in [0.05, 0.1) is 11.1 Å². The molecule has 0 saturated heterocycles. The van der Waals surface area contributed by atoms with Crippen molar-refractivity contribution in [3.05, 3.63) is 140 Å². The minimum absolute atomic E-state index is 0.890. The van der Waals surface area contributed by atoms with Crippen molar-refractivity contribution < 1.29 is 4.42 Å². The molecule has 0 aliphatic carbocycles. The lowest BCUT2D eigenvalue weighted by Crippen LogP contribution is -2.10. The van der Waals surface area contributed by atoms with Crippen molar-refractivity contribution in [2.45, 2.75) is 0 Å². The van der Waals surface area contributed by atoms with E-state index in [9.17, 15) is 0 Å². The molecular weight excluding hydrogens is 494 g/mol. The number of fused-ring (bicyclic) bond motifs is 6. The summed E-state index contributed by atoms with van der Waals surface area (Å²) in [4.78, 5) is 2.34. The molecule has 0 aliphatic heterocycles. The van der Waals surface area contributed by atoms with Crippen LogP contribution in [-0.2, 0) is 0 Å². The number of para-hydroxylation sites is 2. The van der Waals surface area contributed by atoms with Crippen LogP contribution in [0.3, 0.4) is 0 Å². The van der Waals surface area contributed by atoms with Gasteiger partial charge in [-0.05, 0) is 65.7 Å². The number of anilines is 3. The number of hydrogen-bond donors (Lipinski definition) is 0. The van der Waals surface area contributed by atoms with Gasteiger partial charge in [-0.25, -0.2) is 0 Å². The van der Waals surface area contributed by atoms with Crippen molar-refractivity contribution in [3.8, 4) is 11.1 Å². The fraction of sp³-hybridized carbons (Fsp3) is 0. The van der Waals surface area contributed by atoms with Gasteiger partial charge >= 0.3 is 0 Å². The van der Waals surface area contributed by atoms with Crippen LogP contribution in [0.4, 0.5) is 17.1 Å². The average Bonchev–Trinajstić information content (AvgIpc) is 3.56. The smallest absolute Gasteiger partial charge is 0.137 e. The van der Waals surface area contributed by atoms with E-state index in [2.05, 4.69) is 132 Å².